The fourth-order valence-electron chi connectivity index (χ4n) is 2.90. The second kappa shape index (κ2) is 8.30. The van der Waals surface area contributed by atoms with Crippen molar-refractivity contribution in [3.63, 3.8) is 0 Å². The molecule has 2 aromatic carbocycles. The van der Waals surface area contributed by atoms with Crippen molar-refractivity contribution in [1.29, 1.82) is 0 Å². The zero-order chi connectivity index (χ0) is 20.1. The molecule has 0 bridgehead atoms. The highest BCUT2D eigenvalue weighted by Gasteiger charge is 2.22. The minimum Gasteiger partial charge on any atom is -0.465 e. The number of carbonyl (C=O) groups excluding carboxylic acids is 3. The van der Waals surface area contributed by atoms with Gasteiger partial charge in [-0.05, 0) is 24.3 Å². The lowest BCUT2D eigenvalue weighted by atomic mass is 10.1. The maximum absolute atomic E-state index is 12.6. The molecule has 0 aliphatic rings. The van der Waals surface area contributed by atoms with Gasteiger partial charge in [0.05, 0.1) is 29.6 Å². The lowest BCUT2D eigenvalue weighted by Gasteiger charge is -2.22. The number of nitrogens with one attached hydrogen (secondary N) is 1. The number of methoxy groups -OCH3 is 1. The van der Waals surface area contributed by atoms with Gasteiger partial charge in [-0.25, -0.2) is 4.79 Å². The van der Waals surface area contributed by atoms with Gasteiger partial charge < -0.3 is 15.0 Å². The normalized spacial score (nSPS) is 10.4. The lowest BCUT2D eigenvalue weighted by molar-refractivity contribution is -0.120. The Morgan fingerprint density at radius 1 is 1.04 bits per heavy atom. The first-order valence-corrected chi connectivity index (χ1v) is 8.60. The van der Waals surface area contributed by atoms with Gasteiger partial charge in [-0.15, -0.1) is 0 Å². The second-order valence-electron chi connectivity index (χ2n) is 6.04. The number of nitrogens with zero attached hydrogens (tertiary/aromatic N) is 2. The van der Waals surface area contributed by atoms with Crippen LogP contribution in [0.1, 0.15) is 17.3 Å². The molecule has 7 nitrogen and oxygen atoms in total. The highest BCUT2D eigenvalue weighted by molar-refractivity contribution is 6.07. The molecular weight excluding hydrogens is 358 g/mol. The van der Waals surface area contributed by atoms with Gasteiger partial charge in [0.1, 0.15) is 6.54 Å². The van der Waals surface area contributed by atoms with Gasteiger partial charge in [0.25, 0.3) is 0 Å². The molecule has 2 amide bonds. The Morgan fingerprint density at radius 2 is 1.79 bits per heavy atom. The molecule has 0 fully saturated rings. The van der Waals surface area contributed by atoms with Gasteiger partial charge in [0, 0.05) is 18.5 Å². The predicted octanol–water partition coefficient (Wildman–Crippen LogP) is 3.01. The monoisotopic (exact) mass is 377 g/mol. The van der Waals surface area contributed by atoms with Crippen LogP contribution < -0.4 is 10.2 Å². The molecule has 142 valence electrons. The summed E-state index contributed by atoms with van der Waals surface area (Å²) in [6.07, 6.45) is 1.65. The van der Waals surface area contributed by atoms with E-state index in [-0.39, 0.29) is 18.0 Å². The van der Waals surface area contributed by atoms with Crippen molar-refractivity contribution in [2.24, 2.45) is 0 Å². The molecule has 3 aromatic rings. The highest BCUT2D eigenvalue weighted by atomic mass is 16.5. The first kappa shape index (κ1) is 19.0. The molecule has 0 unspecified atom stereocenters. The number of benzene rings is 2. The molecule has 3 rings (SSSR count). The average molecular weight is 377 g/mol. The number of amides is 2. The van der Waals surface area contributed by atoms with Crippen molar-refractivity contribution in [1.82, 2.24) is 4.98 Å². The molecule has 0 spiro atoms. The van der Waals surface area contributed by atoms with E-state index in [4.69, 9.17) is 4.74 Å². The summed E-state index contributed by atoms with van der Waals surface area (Å²) in [4.78, 5) is 42.4. The molecule has 0 saturated heterocycles. The molecule has 1 heterocycles. The topological polar surface area (TPSA) is 88.6 Å². The quantitative estimate of drug-likeness (QED) is 0.691. The number of para-hydroxylation sites is 2. The third-order valence-corrected chi connectivity index (χ3v) is 4.19. The van der Waals surface area contributed by atoms with E-state index in [2.05, 4.69) is 10.3 Å². The molecular formula is C21H19N3O4. The number of hydrogen-bond acceptors (Lipinski definition) is 5. The van der Waals surface area contributed by atoms with Crippen molar-refractivity contribution in [2.75, 3.05) is 23.9 Å². The Kier molecular flexibility index (Phi) is 5.64. The van der Waals surface area contributed by atoms with Crippen molar-refractivity contribution in [3.8, 4) is 0 Å². The van der Waals surface area contributed by atoms with E-state index in [1.165, 1.54) is 18.9 Å². The van der Waals surface area contributed by atoms with Crippen LogP contribution in [0.4, 0.5) is 11.4 Å². The number of pyridine rings is 1. The zero-order valence-electron chi connectivity index (χ0n) is 15.5. The van der Waals surface area contributed by atoms with Crippen LogP contribution in [0, 0.1) is 0 Å². The summed E-state index contributed by atoms with van der Waals surface area (Å²) in [6, 6.07) is 15.7. The number of rotatable bonds is 5. The van der Waals surface area contributed by atoms with Crippen molar-refractivity contribution < 1.29 is 19.1 Å². The van der Waals surface area contributed by atoms with Crippen LogP contribution in [0.3, 0.4) is 0 Å². The van der Waals surface area contributed by atoms with Gasteiger partial charge >= 0.3 is 5.97 Å². The van der Waals surface area contributed by atoms with Gasteiger partial charge in [-0.3, -0.25) is 14.6 Å². The van der Waals surface area contributed by atoms with Crippen molar-refractivity contribution >= 4 is 40.1 Å². The molecule has 0 saturated carbocycles. The molecule has 1 N–H and O–H groups in total. The summed E-state index contributed by atoms with van der Waals surface area (Å²) in [5.74, 6) is -1.36. The Labute approximate surface area is 161 Å². The Bertz CT molecular complexity index is 1040. The summed E-state index contributed by atoms with van der Waals surface area (Å²) in [6.45, 7) is 1.08. The SMILES string of the molecule is COC(=O)c1ccccc1N(CC(=O)Nc1cccc2cccnc12)C(C)=O. The van der Waals surface area contributed by atoms with E-state index in [9.17, 15) is 14.4 Å². The van der Waals surface area contributed by atoms with E-state index in [1.54, 1.807) is 36.5 Å². The molecule has 0 radical (unpaired) electrons. The number of ether oxygens (including phenoxy) is 1. The van der Waals surface area contributed by atoms with Crippen LogP contribution in [0.2, 0.25) is 0 Å². The molecule has 1 aromatic heterocycles. The van der Waals surface area contributed by atoms with E-state index in [0.717, 1.165) is 5.39 Å². The lowest BCUT2D eigenvalue weighted by Crippen LogP contribution is -2.37. The van der Waals surface area contributed by atoms with Crippen LogP contribution in [0.25, 0.3) is 10.9 Å². The van der Waals surface area contributed by atoms with E-state index in [1.807, 2.05) is 24.3 Å². The molecule has 28 heavy (non-hydrogen) atoms. The smallest absolute Gasteiger partial charge is 0.339 e. The van der Waals surface area contributed by atoms with Crippen LogP contribution in [0.15, 0.2) is 60.8 Å². The fraction of sp³-hybridized carbons (Fsp3) is 0.143. The summed E-state index contributed by atoms with van der Waals surface area (Å²) in [7, 11) is 1.26. The summed E-state index contributed by atoms with van der Waals surface area (Å²) in [5, 5.41) is 3.68. The van der Waals surface area contributed by atoms with Crippen molar-refractivity contribution in [2.45, 2.75) is 6.92 Å². The standard InChI is InChI=1S/C21H19N3O4/c1-14(25)24(18-11-4-3-9-16(18)21(27)28-2)13-19(26)23-17-10-5-7-15-8-6-12-22-20(15)17/h3-12H,13H2,1-2H3,(H,23,26). The van der Waals surface area contributed by atoms with Crippen LogP contribution in [0.5, 0.6) is 0 Å². The number of fused-ring (bicyclic) bond motifs is 1. The predicted molar refractivity (Wildman–Crippen MR) is 106 cm³/mol. The zero-order valence-corrected chi connectivity index (χ0v) is 15.5. The third-order valence-electron chi connectivity index (χ3n) is 4.19. The maximum Gasteiger partial charge on any atom is 0.339 e. The summed E-state index contributed by atoms with van der Waals surface area (Å²) in [5.41, 5.74) is 1.73. The Balaban J connectivity index is 1.87. The first-order chi connectivity index (χ1) is 13.5. The maximum atomic E-state index is 12.6. The first-order valence-electron chi connectivity index (χ1n) is 8.60. The second-order valence-corrected chi connectivity index (χ2v) is 6.04. The average Bonchev–Trinajstić information content (AvgIpc) is 2.71. The van der Waals surface area contributed by atoms with Gasteiger partial charge in [-0.1, -0.05) is 30.3 Å². The van der Waals surface area contributed by atoms with E-state index < -0.39 is 11.9 Å². The van der Waals surface area contributed by atoms with Crippen molar-refractivity contribution in [3.05, 3.63) is 66.4 Å². The van der Waals surface area contributed by atoms with Crippen LogP contribution in [-0.4, -0.2) is 36.4 Å². The Hall–Kier alpha value is -3.74. The van der Waals surface area contributed by atoms with E-state index >= 15 is 0 Å². The number of carbonyl (C=O) groups is 3. The number of esters is 1. The molecule has 0 atom stereocenters. The van der Waals surface area contributed by atoms with Gasteiger partial charge in [-0.2, -0.15) is 0 Å². The summed E-state index contributed by atoms with van der Waals surface area (Å²) < 4.78 is 4.77. The minimum absolute atomic E-state index is 0.208. The minimum atomic E-state index is -0.583. The van der Waals surface area contributed by atoms with Gasteiger partial charge in [0.2, 0.25) is 11.8 Å². The third kappa shape index (κ3) is 3.98. The number of anilines is 2. The number of hydrogen-bond donors (Lipinski definition) is 1. The van der Waals surface area contributed by atoms with Gasteiger partial charge in [0.15, 0.2) is 0 Å². The summed E-state index contributed by atoms with van der Waals surface area (Å²) >= 11 is 0. The number of aromatic nitrogens is 1. The van der Waals surface area contributed by atoms with Crippen LogP contribution in [-0.2, 0) is 14.3 Å². The largest absolute Gasteiger partial charge is 0.465 e. The molecule has 0 aliphatic heterocycles. The Morgan fingerprint density at radius 3 is 2.54 bits per heavy atom. The fourth-order valence-corrected chi connectivity index (χ4v) is 2.90. The van der Waals surface area contributed by atoms with Crippen LogP contribution >= 0.6 is 0 Å². The van der Waals surface area contributed by atoms with E-state index in [0.29, 0.717) is 16.9 Å². The highest BCUT2D eigenvalue weighted by Crippen LogP contribution is 2.23. The molecule has 0 aliphatic carbocycles. The molecule has 7 heteroatoms.